The van der Waals surface area contributed by atoms with Gasteiger partial charge in [0, 0.05) is 19.0 Å². The number of nitrogens with one attached hydrogen (secondary N) is 1. The number of anilines is 2. The van der Waals surface area contributed by atoms with Crippen LogP contribution in [0.1, 0.15) is 16.1 Å². The highest BCUT2D eigenvalue weighted by molar-refractivity contribution is 7.12. The highest BCUT2D eigenvalue weighted by Gasteiger charge is 2.36. The maximum absolute atomic E-state index is 13.9. The van der Waals surface area contributed by atoms with Gasteiger partial charge in [0.2, 0.25) is 11.8 Å². The molecule has 1 saturated heterocycles. The molecule has 0 spiro atoms. The Morgan fingerprint density at radius 2 is 2.08 bits per heavy atom. The van der Waals surface area contributed by atoms with Crippen molar-refractivity contribution in [3.8, 4) is 0 Å². The number of halogens is 2. The predicted octanol–water partition coefficient (Wildman–Crippen LogP) is 2.80. The smallest absolute Gasteiger partial charge is 0.350 e. The molecule has 2 aromatic rings. The summed E-state index contributed by atoms with van der Waals surface area (Å²) in [6.45, 7) is -0.0368. The zero-order valence-electron chi connectivity index (χ0n) is 13.6. The molecule has 136 valence electrons. The van der Waals surface area contributed by atoms with Gasteiger partial charge in [-0.05, 0) is 23.6 Å². The Morgan fingerprint density at radius 1 is 1.31 bits per heavy atom. The van der Waals surface area contributed by atoms with Crippen molar-refractivity contribution in [2.45, 2.75) is 6.42 Å². The van der Waals surface area contributed by atoms with E-state index in [1.165, 1.54) is 7.11 Å². The molecule has 9 heteroatoms. The van der Waals surface area contributed by atoms with Crippen molar-refractivity contribution in [2.24, 2.45) is 5.92 Å². The van der Waals surface area contributed by atoms with E-state index in [-0.39, 0.29) is 23.5 Å². The second-order valence-electron chi connectivity index (χ2n) is 5.65. The van der Waals surface area contributed by atoms with E-state index in [9.17, 15) is 23.2 Å². The zero-order valence-corrected chi connectivity index (χ0v) is 14.4. The standard InChI is InChI=1S/C17H14F2N2O4S/c1-25-17(24)15-12(4-5-26-15)20-16(23)9-6-14(22)21(8-9)13-3-2-10(18)7-11(13)19/h2-5,7,9H,6,8H2,1H3,(H,20,23)/t9-/m0/s1. The Hall–Kier alpha value is -2.81. The van der Waals surface area contributed by atoms with Gasteiger partial charge in [-0.1, -0.05) is 0 Å². The molecule has 6 nitrogen and oxygen atoms in total. The lowest BCUT2D eigenvalue weighted by Gasteiger charge is -2.17. The second kappa shape index (κ2) is 7.20. The van der Waals surface area contributed by atoms with Gasteiger partial charge >= 0.3 is 5.97 Å². The fourth-order valence-electron chi connectivity index (χ4n) is 2.71. The number of amides is 2. The van der Waals surface area contributed by atoms with E-state index in [1.54, 1.807) is 11.4 Å². The van der Waals surface area contributed by atoms with Crippen LogP contribution < -0.4 is 10.2 Å². The van der Waals surface area contributed by atoms with Gasteiger partial charge in [0.25, 0.3) is 0 Å². The molecule has 1 aromatic carbocycles. The normalized spacial score (nSPS) is 16.7. The molecule has 0 aliphatic carbocycles. The Kier molecular flexibility index (Phi) is 4.99. The van der Waals surface area contributed by atoms with E-state index in [4.69, 9.17) is 0 Å². The summed E-state index contributed by atoms with van der Waals surface area (Å²) in [4.78, 5) is 37.6. The van der Waals surface area contributed by atoms with Crippen LogP contribution in [-0.4, -0.2) is 31.4 Å². The summed E-state index contributed by atoms with van der Waals surface area (Å²) in [6.07, 6.45) is -0.111. The number of rotatable bonds is 4. The monoisotopic (exact) mass is 380 g/mol. The minimum absolute atomic E-state index is 0.0368. The van der Waals surface area contributed by atoms with Crippen LogP contribution in [0.15, 0.2) is 29.6 Å². The Morgan fingerprint density at radius 3 is 2.77 bits per heavy atom. The molecule has 1 fully saturated rings. The Labute approximate surface area is 151 Å². The molecule has 1 aromatic heterocycles. The van der Waals surface area contributed by atoms with Crippen molar-refractivity contribution in [1.82, 2.24) is 0 Å². The van der Waals surface area contributed by atoms with Crippen molar-refractivity contribution >= 4 is 40.5 Å². The van der Waals surface area contributed by atoms with Crippen LogP contribution in [0.5, 0.6) is 0 Å². The lowest BCUT2D eigenvalue weighted by Crippen LogP contribution is -2.29. The van der Waals surface area contributed by atoms with Gasteiger partial charge in [-0.25, -0.2) is 13.6 Å². The molecule has 0 bridgehead atoms. The van der Waals surface area contributed by atoms with Crippen molar-refractivity contribution in [2.75, 3.05) is 23.9 Å². The Balaban J connectivity index is 1.73. The Bertz CT molecular complexity index is 883. The van der Waals surface area contributed by atoms with Gasteiger partial charge in [-0.2, -0.15) is 0 Å². The highest BCUT2D eigenvalue weighted by atomic mass is 32.1. The SMILES string of the molecule is COC(=O)c1sccc1NC(=O)[C@H]1CC(=O)N(c2ccc(F)cc2F)C1. The largest absolute Gasteiger partial charge is 0.465 e. The molecule has 0 unspecified atom stereocenters. The first-order valence-corrected chi connectivity index (χ1v) is 8.50. The van der Waals surface area contributed by atoms with Crippen LogP contribution in [0.2, 0.25) is 0 Å². The van der Waals surface area contributed by atoms with E-state index in [0.717, 1.165) is 28.4 Å². The molecule has 1 aliphatic heterocycles. The van der Waals surface area contributed by atoms with Gasteiger partial charge in [0.05, 0.1) is 24.4 Å². The van der Waals surface area contributed by atoms with E-state index >= 15 is 0 Å². The van der Waals surface area contributed by atoms with Crippen LogP contribution in [0.4, 0.5) is 20.2 Å². The van der Waals surface area contributed by atoms with Crippen molar-refractivity contribution in [3.63, 3.8) is 0 Å². The average molecular weight is 380 g/mol. The summed E-state index contributed by atoms with van der Waals surface area (Å²) in [5, 5.41) is 4.23. The summed E-state index contributed by atoms with van der Waals surface area (Å²) in [6, 6.07) is 4.46. The summed E-state index contributed by atoms with van der Waals surface area (Å²) >= 11 is 1.12. The first-order valence-electron chi connectivity index (χ1n) is 7.62. The summed E-state index contributed by atoms with van der Waals surface area (Å²) in [5.74, 6) is -3.82. The molecule has 1 aliphatic rings. The zero-order chi connectivity index (χ0) is 18.8. The van der Waals surface area contributed by atoms with Crippen LogP contribution in [0, 0.1) is 17.6 Å². The average Bonchev–Trinajstić information content (AvgIpc) is 3.21. The molecule has 0 saturated carbocycles. The quantitative estimate of drug-likeness (QED) is 0.828. The highest BCUT2D eigenvalue weighted by Crippen LogP contribution is 2.30. The number of ether oxygens (including phenoxy) is 1. The lowest BCUT2D eigenvalue weighted by molar-refractivity contribution is -0.122. The molecular weight excluding hydrogens is 366 g/mol. The second-order valence-corrected chi connectivity index (χ2v) is 6.56. The molecule has 0 radical (unpaired) electrons. The number of carbonyl (C=O) groups is 3. The predicted molar refractivity (Wildman–Crippen MR) is 91.1 cm³/mol. The number of thiophene rings is 1. The topological polar surface area (TPSA) is 75.7 Å². The van der Waals surface area contributed by atoms with Crippen LogP contribution in [0.25, 0.3) is 0 Å². The van der Waals surface area contributed by atoms with Crippen LogP contribution >= 0.6 is 11.3 Å². The number of hydrogen-bond donors (Lipinski definition) is 1. The van der Waals surface area contributed by atoms with Crippen LogP contribution in [-0.2, 0) is 14.3 Å². The third kappa shape index (κ3) is 3.43. The van der Waals surface area contributed by atoms with Crippen molar-refractivity contribution in [3.05, 3.63) is 46.2 Å². The van der Waals surface area contributed by atoms with E-state index in [1.807, 2.05) is 0 Å². The summed E-state index contributed by atoms with van der Waals surface area (Å²) < 4.78 is 31.6. The lowest BCUT2D eigenvalue weighted by atomic mass is 10.1. The van der Waals surface area contributed by atoms with Crippen molar-refractivity contribution in [1.29, 1.82) is 0 Å². The molecule has 2 heterocycles. The number of nitrogens with zero attached hydrogens (tertiary/aromatic N) is 1. The number of methoxy groups -OCH3 is 1. The molecule has 3 rings (SSSR count). The maximum atomic E-state index is 13.9. The minimum Gasteiger partial charge on any atom is -0.465 e. The fraction of sp³-hybridized carbons (Fsp3) is 0.235. The third-order valence-corrected chi connectivity index (χ3v) is 4.88. The first kappa shape index (κ1) is 18.0. The van der Waals surface area contributed by atoms with Gasteiger partial charge in [-0.15, -0.1) is 11.3 Å². The minimum atomic E-state index is -0.870. The van der Waals surface area contributed by atoms with E-state index < -0.39 is 35.3 Å². The van der Waals surface area contributed by atoms with Crippen LogP contribution in [0.3, 0.4) is 0 Å². The van der Waals surface area contributed by atoms with Gasteiger partial charge in [-0.3, -0.25) is 9.59 Å². The van der Waals surface area contributed by atoms with Gasteiger partial charge in [0.1, 0.15) is 16.5 Å². The number of benzene rings is 1. The molecule has 26 heavy (non-hydrogen) atoms. The third-order valence-electron chi connectivity index (χ3n) is 3.99. The van der Waals surface area contributed by atoms with Crippen molar-refractivity contribution < 1.29 is 27.9 Å². The van der Waals surface area contributed by atoms with E-state index in [0.29, 0.717) is 11.8 Å². The number of esters is 1. The molecular formula is C17H14F2N2O4S. The fourth-order valence-corrected chi connectivity index (χ4v) is 3.48. The van der Waals surface area contributed by atoms with Gasteiger partial charge in [0.15, 0.2) is 0 Å². The number of hydrogen-bond acceptors (Lipinski definition) is 5. The maximum Gasteiger partial charge on any atom is 0.350 e. The van der Waals surface area contributed by atoms with Gasteiger partial charge < -0.3 is 15.0 Å². The first-order chi connectivity index (χ1) is 12.4. The van der Waals surface area contributed by atoms with E-state index in [2.05, 4.69) is 10.1 Å². The summed E-state index contributed by atoms with van der Waals surface area (Å²) in [7, 11) is 1.23. The summed E-state index contributed by atoms with van der Waals surface area (Å²) in [5.41, 5.74) is 0.225. The number of carbonyl (C=O) groups excluding carboxylic acids is 3. The molecule has 1 atom stereocenters. The molecule has 1 N–H and O–H groups in total. The molecule has 2 amide bonds.